The van der Waals surface area contributed by atoms with E-state index < -0.39 is 29.2 Å². The summed E-state index contributed by atoms with van der Waals surface area (Å²) in [6.45, 7) is 0. The zero-order valence-electron chi connectivity index (χ0n) is 9.66. The van der Waals surface area contributed by atoms with Crippen molar-refractivity contribution in [1.82, 2.24) is 4.73 Å². The van der Waals surface area contributed by atoms with Gasteiger partial charge in [-0.25, -0.2) is 0 Å². The summed E-state index contributed by atoms with van der Waals surface area (Å²) in [7, 11) is 0. The van der Waals surface area contributed by atoms with Gasteiger partial charge in [-0.05, 0) is 30.3 Å². The molecule has 8 heteroatoms. The quantitative estimate of drug-likeness (QED) is 0.750. The number of halogens is 6. The molecule has 0 spiro atoms. The van der Waals surface area contributed by atoms with Crippen LogP contribution in [0.25, 0.3) is 0 Å². The van der Waals surface area contributed by atoms with Crippen LogP contribution in [-0.4, -0.2) is 4.73 Å². The van der Waals surface area contributed by atoms with E-state index in [1.165, 1.54) is 24.5 Å². The van der Waals surface area contributed by atoms with Crippen LogP contribution in [0, 0.1) is 0 Å². The van der Waals surface area contributed by atoms with Crippen LogP contribution < -0.4 is 4.84 Å². The van der Waals surface area contributed by atoms with Crippen molar-refractivity contribution < 1.29 is 31.2 Å². The number of aromatic nitrogens is 1. The molecule has 0 aliphatic heterocycles. The van der Waals surface area contributed by atoms with E-state index in [0.29, 0.717) is 18.2 Å². The monoisotopic (exact) mass is 295 g/mol. The first-order valence-electron chi connectivity index (χ1n) is 5.28. The number of hydrogen-bond acceptors (Lipinski definition) is 1. The van der Waals surface area contributed by atoms with Crippen LogP contribution in [0.4, 0.5) is 26.3 Å². The van der Waals surface area contributed by atoms with E-state index in [4.69, 9.17) is 4.84 Å². The number of benzene rings is 1. The first-order chi connectivity index (χ1) is 9.18. The Labute approximate surface area is 109 Å². The van der Waals surface area contributed by atoms with Crippen LogP contribution in [0.3, 0.4) is 0 Å². The molecule has 0 bridgehead atoms. The van der Waals surface area contributed by atoms with Gasteiger partial charge >= 0.3 is 12.4 Å². The van der Waals surface area contributed by atoms with Crippen molar-refractivity contribution in [1.29, 1.82) is 0 Å². The van der Waals surface area contributed by atoms with E-state index in [9.17, 15) is 26.3 Å². The molecule has 2 aromatic rings. The van der Waals surface area contributed by atoms with Crippen molar-refractivity contribution in [2.24, 2.45) is 0 Å². The third-order valence-corrected chi connectivity index (χ3v) is 2.40. The molecule has 0 amide bonds. The second-order valence-corrected chi connectivity index (χ2v) is 3.84. The summed E-state index contributed by atoms with van der Waals surface area (Å²) in [6.07, 6.45) is -7.04. The third-order valence-electron chi connectivity index (χ3n) is 2.40. The summed E-state index contributed by atoms with van der Waals surface area (Å²) in [5, 5.41) is 0. The molecular weight excluding hydrogens is 288 g/mol. The van der Waals surface area contributed by atoms with Gasteiger partial charge in [0.15, 0.2) is 5.75 Å². The molecular formula is C12H7F6NO. The van der Waals surface area contributed by atoms with E-state index >= 15 is 0 Å². The number of nitrogens with zero attached hydrogens (tertiary/aromatic N) is 1. The number of hydrogen-bond donors (Lipinski definition) is 0. The Morgan fingerprint density at radius 1 is 0.850 bits per heavy atom. The van der Waals surface area contributed by atoms with Crippen molar-refractivity contribution in [2.75, 3.05) is 0 Å². The molecule has 0 saturated heterocycles. The van der Waals surface area contributed by atoms with Gasteiger partial charge < -0.3 is 4.84 Å². The second-order valence-electron chi connectivity index (χ2n) is 3.84. The fourth-order valence-electron chi connectivity index (χ4n) is 1.50. The smallest absolute Gasteiger partial charge is 0.375 e. The maximum Gasteiger partial charge on any atom is 0.420 e. The van der Waals surface area contributed by atoms with Gasteiger partial charge in [0.25, 0.3) is 0 Å². The number of alkyl halides is 6. The molecule has 0 atom stereocenters. The zero-order chi connectivity index (χ0) is 15.0. The highest BCUT2D eigenvalue weighted by Crippen LogP contribution is 2.40. The van der Waals surface area contributed by atoms with E-state index in [0.717, 1.165) is 4.73 Å². The van der Waals surface area contributed by atoms with Gasteiger partial charge in [0.05, 0.1) is 5.56 Å². The molecule has 1 aromatic carbocycles. The van der Waals surface area contributed by atoms with Crippen molar-refractivity contribution in [2.45, 2.75) is 12.4 Å². The van der Waals surface area contributed by atoms with Gasteiger partial charge in [-0.1, -0.05) is 0 Å². The van der Waals surface area contributed by atoms with Gasteiger partial charge in [-0.15, -0.1) is 0 Å². The average Bonchev–Trinajstić information content (AvgIpc) is 2.79. The van der Waals surface area contributed by atoms with Crippen LogP contribution in [0.5, 0.6) is 5.75 Å². The largest absolute Gasteiger partial charge is 0.420 e. The third kappa shape index (κ3) is 3.06. The maximum atomic E-state index is 12.7. The van der Waals surface area contributed by atoms with E-state index in [1.54, 1.807) is 0 Å². The Morgan fingerprint density at radius 2 is 1.45 bits per heavy atom. The molecule has 0 aliphatic rings. The molecule has 2 nitrogen and oxygen atoms in total. The lowest BCUT2D eigenvalue weighted by molar-refractivity contribution is -0.142. The first-order valence-corrected chi connectivity index (χ1v) is 5.28. The standard InChI is InChI=1S/C12H7F6NO/c13-11(14,15)8-3-4-9(12(16,17)18)10(7-8)20-19-5-1-2-6-19/h1-7H. The lowest BCUT2D eigenvalue weighted by Crippen LogP contribution is -2.13. The summed E-state index contributed by atoms with van der Waals surface area (Å²) >= 11 is 0. The Morgan fingerprint density at radius 3 is 1.95 bits per heavy atom. The lowest BCUT2D eigenvalue weighted by Gasteiger charge is -2.16. The van der Waals surface area contributed by atoms with E-state index in [1.807, 2.05) is 0 Å². The van der Waals surface area contributed by atoms with Crippen LogP contribution in [-0.2, 0) is 12.4 Å². The van der Waals surface area contributed by atoms with Crippen molar-refractivity contribution in [3.05, 3.63) is 53.9 Å². The minimum atomic E-state index is -4.81. The van der Waals surface area contributed by atoms with Gasteiger partial charge in [0, 0.05) is 12.4 Å². The van der Waals surface area contributed by atoms with Crippen LogP contribution in [0.1, 0.15) is 11.1 Å². The fraction of sp³-hybridized carbons (Fsp3) is 0.167. The molecule has 108 valence electrons. The fourth-order valence-corrected chi connectivity index (χ4v) is 1.50. The topological polar surface area (TPSA) is 14.2 Å². The van der Waals surface area contributed by atoms with E-state index in [-0.39, 0.29) is 0 Å². The minimum Gasteiger partial charge on any atom is -0.375 e. The van der Waals surface area contributed by atoms with E-state index in [2.05, 4.69) is 0 Å². The van der Waals surface area contributed by atoms with Crippen molar-refractivity contribution in [3.63, 3.8) is 0 Å². The predicted octanol–water partition coefficient (Wildman–Crippen LogP) is 4.37. The molecule has 1 aromatic heterocycles. The molecule has 0 saturated carbocycles. The van der Waals surface area contributed by atoms with Crippen molar-refractivity contribution in [3.8, 4) is 5.75 Å². The van der Waals surface area contributed by atoms with Gasteiger partial charge in [0.1, 0.15) is 5.56 Å². The molecule has 0 fully saturated rings. The summed E-state index contributed by atoms with van der Waals surface area (Å²) in [5.41, 5.74) is -2.49. The summed E-state index contributed by atoms with van der Waals surface area (Å²) in [5.74, 6) is -0.913. The lowest BCUT2D eigenvalue weighted by atomic mass is 10.1. The normalized spacial score (nSPS) is 12.5. The molecule has 20 heavy (non-hydrogen) atoms. The Hall–Kier alpha value is -2.12. The zero-order valence-corrected chi connectivity index (χ0v) is 9.66. The number of rotatable bonds is 2. The first kappa shape index (κ1) is 14.3. The Bertz CT molecular complexity index is 585. The molecule has 2 rings (SSSR count). The van der Waals surface area contributed by atoms with Crippen LogP contribution in [0.2, 0.25) is 0 Å². The molecule has 0 unspecified atom stereocenters. The highest BCUT2D eigenvalue weighted by molar-refractivity contribution is 5.40. The molecule has 0 radical (unpaired) electrons. The Balaban J connectivity index is 2.48. The van der Waals surface area contributed by atoms with Gasteiger partial charge in [-0.3, -0.25) is 0 Å². The van der Waals surface area contributed by atoms with Gasteiger partial charge in [0.2, 0.25) is 0 Å². The predicted molar refractivity (Wildman–Crippen MR) is 56.9 cm³/mol. The second kappa shape index (κ2) is 4.77. The maximum absolute atomic E-state index is 12.7. The summed E-state index contributed by atoms with van der Waals surface area (Å²) in [4.78, 5) is 4.81. The summed E-state index contributed by atoms with van der Waals surface area (Å²) in [6, 6.07) is 3.96. The highest BCUT2D eigenvalue weighted by Gasteiger charge is 2.38. The molecule has 0 N–H and O–H groups in total. The average molecular weight is 295 g/mol. The van der Waals surface area contributed by atoms with Gasteiger partial charge in [-0.2, -0.15) is 31.1 Å². The van der Waals surface area contributed by atoms with Crippen LogP contribution in [0.15, 0.2) is 42.7 Å². The highest BCUT2D eigenvalue weighted by atomic mass is 19.4. The van der Waals surface area contributed by atoms with Crippen molar-refractivity contribution >= 4 is 0 Å². The molecule has 1 heterocycles. The SMILES string of the molecule is FC(F)(F)c1ccc(C(F)(F)F)c(On2cccc2)c1. The Kier molecular flexibility index (Phi) is 3.41. The summed E-state index contributed by atoms with van der Waals surface area (Å²) < 4.78 is 76.7. The molecule has 0 aliphatic carbocycles. The minimum absolute atomic E-state index is 0.322. The van der Waals surface area contributed by atoms with Crippen LogP contribution >= 0.6 is 0 Å².